The molecule has 0 radical (unpaired) electrons. The Morgan fingerprint density at radius 3 is 2.71 bits per heavy atom. The summed E-state index contributed by atoms with van der Waals surface area (Å²) in [5.74, 6) is 0.903. The van der Waals surface area contributed by atoms with Gasteiger partial charge < -0.3 is 9.80 Å². The maximum absolute atomic E-state index is 11.0. The molecule has 1 amide bonds. The average molecular weight is 281 g/mol. The van der Waals surface area contributed by atoms with E-state index in [0.29, 0.717) is 0 Å². The Hall–Kier alpha value is -2.36. The lowest BCUT2D eigenvalue weighted by atomic mass is 10.1. The molecule has 0 aliphatic carbocycles. The summed E-state index contributed by atoms with van der Waals surface area (Å²) in [7, 11) is 2.00. The number of nitrogens with zero attached hydrogens (tertiary/aromatic N) is 3. The molecule has 1 unspecified atom stereocenters. The van der Waals surface area contributed by atoms with Gasteiger partial charge in [-0.05, 0) is 36.6 Å². The summed E-state index contributed by atoms with van der Waals surface area (Å²) < 4.78 is 0. The number of carbonyl (C=O) groups is 1. The fraction of sp³-hybridized carbons (Fsp3) is 0.294. The molecule has 1 aromatic heterocycles. The van der Waals surface area contributed by atoms with Gasteiger partial charge in [-0.3, -0.25) is 4.79 Å². The number of benzene rings is 1. The normalized spacial score (nSPS) is 17.8. The van der Waals surface area contributed by atoms with Crippen LogP contribution < -0.4 is 4.90 Å². The van der Waals surface area contributed by atoms with Crippen LogP contribution in [0.25, 0.3) is 0 Å². The largest absolute Gasteiger partial charge is 0.338 e. The van der Waals surface area contributed by atoms with Crippen LogP contribution in [-0.2, 0) is 4.79 Å². The van der Waals surface area contributed by atoms with Crippen molar-refractivity contribution in [3.8, 4) is 0 Å². The standard InChI is InChI=1S/C17H19N3O/c1-19(15-6-3-2-4-7-15)17-10-9-14(12-18-17)16-8-5-11-20(16)13-21/h2-4,6-7,9-10,12-13,16H,5,8,11H2,1H3. The highest BCUT2D eigenvalue weighted by Crippen LogP contribution is 2.31. The number of anilines is 2. The van der Waals surface area contributed by atoms with Gasteiger partial charge in [-0.1, -0.05) is 24.3 Å². The van der Waals surface area contributed by atoms with Gasteiger partial charge in [0.15, 0.2) is 0 Å². The van der Waals surface area contributed by atoms with Crippen LogP contribution >= 0.6 is 0 Å². The summed E-state index contributed by atoms with van der Waals surface area (Å²) in [5.41, 5.74) is 2.22. The van der Waals surface area contributed by atoms with E-state index in [-0.39, 0.29) is 6.04 Å². The van der Waals surface area contributed by atoms with Gasteiger partial charge in [0.1, 0.15) is 5.82 Å². The molecule has 1 saturated heterocycles. The number of rotatable bonds is 4. The minimum Gasteiger partial charge on any atom is -0.338 e. The third-order valence-corrected chi connectivity index (χ3v) is 4.07. The minimum absolute atomic E-state index is 0.186. The molecule has 1 aromatic carbocycles. The van der Waals surface area contributed by atoms with E-state index in [1.165, 1.54) is 0 Å². The fourth-order valence-corrected chi connectivity index (χ4v) is 2.85. The van der Waals surface area contributed by atoms with E-state index >= 15 is 0 Å². The number of para-hydroxylation sites is 1. The highest BCUT2D eigenvalue weighted by atomic mass is 16.1. The van der Waals surface area contributed by atoms with Crippen molar-refractivity contribution >= 4 is 17.9 Å². The highest BCUT2D eigenvalue weighted by molar-refractivity contribution is 5.59. The topological polar surface area (TPSA) is 36.4 Å². The first kappa shape index (κ1) is 13.6. The van der Waals surface area contributed by atoms with Gasteiger partial charge in [-0.2, -0.15) is 0 Å². The van der Waals surface area contributed by atoms with Crippen molar-refractivity contribution in [2.75, 3.05) is 18.5 Å². The lowest BCUT2D eigenvalue weighted by Gasteiger charge is -2.22. The zero-order valence-corrected chi connectivity index (χ0v) is 12.1. The molecule has 0 saturated carbocycles. The van der Waals surface area contributed by atoms with Gasteiger partial charge in [0.05, 0.1) is 6.04 Å². The third kappa shape index (κ3) is 2.75. The van der Waals surface area contributed by atoms with E-state index in [4.69, 9.17) is 0 Å². The molecule has 21 heavy (non-hydrogen) atoms. The van der Waals surface area contributed by atoms with Crippen molar-refractivity contribution in [3.63, 3.8) is 0 Å². The molecular formula is C17H19N3O. The third-order valence-electron chi connectivity index (χ3n) is 4.07. The zero-order chi connectivity index (χ0) is 14.7. The second-order valence-electron chi connectivity index (χ2n) is 5.35. The van der Waals surface area contributed by atoms with Crippen molar-refractivity contribution in [1.82, 2.24) is 9.88 Å². The van der Waals surface area contributed by atoms with Gasteiger partial charge in [0.25, 0.3) is 0 Å². The first-order valence-electron chi connectivity index (χ1n) is 7.25. The molecule has 108 valence electrons. The first-order valence-corrected chi connectivity index (χ1v) is 7.25. The van der Waals surface area contributed by atoms with E-state index < -0.39 is 0 Å². The second kappa shape index (κ2) is 5.95. The van der Waals surface area contributed by atoms with E-state index in [1.807, 2.05) is 42.4 Å². The molecule has 2 heterocycles. The predicted molar refractivity (Wildman–Crippen MR) is 83.5 cm³/mol. The smallest absolute Gasteiger partial charge is 0.210 e. The molecule has 2 aromatic rings. The Kier molecular flexibility index (Phi) is 3.86. The summed E-state index contributed by atoms with van der Waals surface area (Å²) >= 11 is 0. The van der Waals surface area contributed by atoms with Gasteiger partial charge in [-0.15, -0.1) is 0 Å². The summed E-state index contributed by atoms with van der Waals surface area (Å²) in [6.07, 6.45) is 4.92. The average Bonchev–Trinajstić information content (AvgIpc) is 3.04. The number of hydrogen-bond acceptors (Lipinski definition) is 3. The van der Waals surface area contributed by atoms with Crippen molar-refractivity contribution in [2.45, 2.75) is 18.9 Å². The first-order chi connectivity index (χ1) is 10.3. The highest BCUT2D eigenvalue weighted by Gasteiger charge is 2.24. The van der Waals surface area contributed by atoms with Gasteiger partial charge in [0.2, 0.25) is 6.41 Å². The lowest BCUT2D eigenvalue weighted by molar-refractivity contribution is -0.118. The molecular weight excluding hydrogens is 262 g/mol. The van der Waals surface area contributed by atoms with Crippen LogP contribution in [0.2, 0.25) is 0 Å². The van der Waals surface area contributed by atoms with E-state index in [9.17, 15) is 4.79 Å². The van der Waals surface area contributed by atoms with Crippen molar-refractivity contribution in [3.05, 3.63) is 54.2 Å². The van der Waals surface area contributed by atoms with Crippen molar-refractivity contribution < 1.29 is 4.79 Å². The molecule has 1 fully saturated rings. The van der Waals surface area contributed by atoms with Crippen molar-refractivity contribution in [1.29, 1.82) is 0 Å². The molecule has 0 N–H and O–H groups in total. The van der Waals surface area contributed by atoms with Crippen LogP contribution in [-0.4, -0.2) is 29.9 Å². The minimum atomic E-state index is 0.186. The Morgan fingerprint density at radius 2 is 2.05 bits per heavy atom. The van der Waals surface area contributed by atoms with Crippen LogP contribution in [0.15, 0.2) is 48.7 Å². The molecule has 0 bridgehead atoms. The van der Waals surface area contributed by atoms with E-state index in [1.54, 1.807) is 0 Å². The van der Waals surface area contributed by atoms with Crippen molar-refractivity contribution in [2.24, 2.45) is 0 Å². The zero-order valence-electron chi connectivity index (χ0n) is 12.1. The molecule has 1 aliphatic heterocycles. The summed E-state index contributed by atoms with van der Waals surface area (Å²) in [6, 6.07) is 14.4. The van der Waals surface area contributed by atoms with Crippen LogP contribution in [0.4, 0.5) is 11.5 Å². The van der Waals surface area contributed by atoms with Crippen LogP contribution in [0.5, 0.6) is 0 Å². The van der Waals surface area contributed by atoms with Crippen LogP contribution in [0.1, 0.15) is 24.4 Å². The molecule has 4 nitrogen and oxygen atoms in total. The number of amides is 1. The lowest BCUT2D eigenvalue weighted by Crippen LogP contribution is -2.21. The SMILES string of the molecule is CN(c1ccccc1)c1ccc(C2CCCN2C=O)cn1. The number of carbonyl (C=O) groups excluding carboxylic acids is 1. The molecule has 1 aliphatic rings. The number of likely N-dealkylation sites (tertiary alicyclic amines) is 1. The Morgan fingerprint density at radius 1 is 1.24 bits per heavy atom. The Balaban J connectivity index is 1.79. The summed E-state index contributed by atoms with van der Waals surface area (Å²) in [4.78, 5) is 19.5. The van der Waals surface area contributed by atoms with Gasteiger partial charge in [-0.25, -0.2) is 4.98 Å². The summed E-state index contributed by atoms with van der Waals surface area (Å²) in [6.45, 7) is 0.847. The second-order valence-corrected chi connectivity index (χ2v) is 5.35. The number of pyridine rings is 1. The monoisotopic (exact) mass is 281 g/mol. The molecule has 1 atom stereocenters. The van der Waals surface area contributed by atoms with Gasteiger partial charge in [0, 0.05) is 25.5 Å². The maximum atomic E-state index is 11.0. The fourth-order valence-electron chi connectivity index (χ4n) is 2.85. The predicted octanol–water partition coefficient (Wildman–Crippen LogP) is 3.14. The molecule has 0 spiro atoms. The molecule has 4 heteroatoms. The maximum Gasteiger partial charge on any atom is 0.210 e. The quantitative estimate of drug-likeness (QED) is 0.808. The van der Waals surface area contributed by atoms with Gasteiger partial charge >= 0.3 is 0 Å². The number of aromatic nitrogens is 1. The number of hydrogen-bond donors (Lipinski definition) is 0. The van der Waals surface area contributed by atoms with E-state index in [0.717, 1.165) is 42.9 Å². The Bertz CT molecular complexity index is 597. The van der Waals surface area contributed by atoms with Crippen LogP contribution in [0, 0.1) is 0 Å². The molecule has 3 rings (SSSR count). The van der Waals surface area contributed by atoms with E-state index in [2.05, 4.69) is 28.1 Å². The Labute approximate surface area is 125 Å². The van der Waals surface area contributed by atoms with Crippen LogP contribution in [0.3, 0.4) is 0 Å². The summed E-state index contributed by atoms with van der Waals surface area (Å²) in [5, 5.41) is 0.